The lowest BCUT2D eigenvalue weighted by atomic mass is 10.1. The molecule has 1 fully saturated rings. The zero-order chi connectivity index (χ0) is 18.3. The van der Waals surface area contributed by atoms with Gasteiger partial charge in [-0.05, 0) is 60.7 Å². The highest BCUT2D eigenvalue weighted by Crippen LogP contribution is 2.47. The predicted molar refractivity (Wildman–Crippen MR) is 99.9 cm³/mol. The number of terminal acetylenes is 1. The molecule has 1 heterocycles. The number of carbonyl (C=O) groups is 1. The molecule has 1 N–H and O–H groups in total. The van der Waals surface area contributed by atoms with Crippen molar-refractivity contribution in [3.05, 3.63) is 58.4 Å². The normalized spacial score (nSPS) is 13.6. The number of carbonyl (C=O) groups excluding carboxylic acids is 1. The molecule has 0 unspecified atom stereocenters. The van der Waals surface area contributed by atoms with Crippen molar-refractivity contribution in [3.8, 4) is 12.3 Å². The number of anilines is 1. The first-order chi connectivity index (χ1) is 12.6. The molecule has 0 atom stereocenters. The molecule has 0 bridgehead atoms. The first kappa shape index (κ1) is 16.6. The van der Waals surface area contributed by atoms with E-state index in [1.54, 1.807) is 4.68 Å². The summed E-state index contributed by atoms with van der Waals surface area (Å²) in [4.78, 5) is 12.5. The van der Waals surface area contributed by atoms with Crippen molar-refractivity contribution >= 4 is 34.2 Å². The van der Waals surface area contributed by atoms with Crippen LogP contribution >= 0.6 is 11.6 Å². The fourth-order valence-corrected chi connectivity index (χ4v) is 3.42. The van der Waals surface area contributed by atoms with Crippen LogP contribution < -0.4 is 5.32 Å². The molecular weight excluding hydrogens is 353 g/mol. The molecule has 0 saturated heterocycles. The standard InChI is InChI=1S/C20H15ClFN3O/c1-2-11-25-18-15(9-10-16(21)17(18)12-3-4-12)19(24-25)23-20(26)13-5-7-14(22)8-6-13/h1,5-10,12H,3-4,11H2,(H,23,24,26). The molecule has 130 valence electrons. The monoisotopic (exact) mass is 367 g/mol. The Hall–Kier alpha value is -2.84. The second-order valence-corrected chi connectivity index (χ2v) is 6.71. The minimum Gasteiger partial charge on any atom is -0.305 e. The summed E-state index contributed by atoms with van der Waals surface area (Å²) >= 11 is 6.42. The molecule has 1 amide bonds. The Labute approximate surface area is 155 Å². The maximum Gasteiger partial charge on any atom is 0.256 e. The van der Waals surface area contributed by atoms with E-state index in [9.17, 15) is 9.18 Å². The van der Waals surface area contributed by atoms with Gasteiger partial charge in [-0.2, -0.15) is 5.10 Å². The average Bonchev–Trinajstić information content (AvgIpc) is 3.40. The van der Waals surface area contributed by atoms with Crippen LogP contribution in [0.3, 0.4) is 0 Å². The van der Waals surface area contributed by atoms with Gasteiger partial charge in [-0.1, -0.05) is 17.5 Å². The van der Waals surface area contributed by atoms with Gasteiger partial charge in [-0.3, -0.25) is 9.48 Å². The van der Waals surface area contributed by atoms with Crippen molar-refractivity contribution in [2.24, 2.45) is 0 Å². The molecular formula is C20H15ClFN3O. The highest BCUT2D eigenvalue weighted by atomic mass is 35.5. The van der Waals surface area contributed by atoms with E-state index in [1.165, 1.54) is 24.3 Å². The number of aromatic nitrogens is 2. The number of fused-ring (bicyclic) bond motifs is 1. The number of halogens is 2. The zero-order valence-corrected chi connectivity index (χ0v) is 14.6. The molecule has 0 spiro atoms. The summed E-state index contributed by atoms with van der Waals surface area (Å²) in [5, 5.41) is 8.77. The first-order valence-electron chi connectivity index (χ1n) is 8.27. The number of nitrogens with one attached hydrogen (secondary N) is 1. The quantitative estimate of drug-likeness (QED) is 0.685. The predicted octanol–water partition coefficient (Wildman–Crippen LogP) is 4.59. The van der Waals surface area contributed by atoms with Gasteiger partial charge in [-0.25, -0.2) is 4.39 Å². The minimum absolute atomic E-state index is 0.281. The summed E-state index contributed by atoms with van der Waals surface area (Å²) in [6, 6.07) is 9.01. The third-order valence-electron chi connectivity index (χ3n) is 4.46. The molecule has 2 aromatic carbocycles. The molecule has 4 nitrogen and oxygen atoms in total. The number of nitrogens with zero attached hydrogens (tertiary/aromatic N) is 2. The molecule has 3 aromatic rings. The smallest absolute Gasteiger partial charge is 0.256 e. The molecule has 1 saturated carbocycles. The van der Waals surface area contributed by atoms with E-state index in [1.807, 2.05) is 12.1 Å². The molecule has 1 aliphatic carbocycles. The Morgan fingerprint density at radius 2 is 2.04 bits per heavy atom. The molecule has 0 radical (unpaired) electrons. The second-order valence-electron chi connectivity index (χ2n) is 6.30. The maximum absolute atomic E-state index is 13.1. The van der Waals surface area contributed by atoms with Crippen LogP contribution in [0.1, 0.15) is 34.7 Å². The number of benzene rings is 2. The van der Waals surface area contributed by atoms with E-state index in [2.05, 4.69) is 16.3 Å². The number of rotatable bonds is 4. The third kappa shape index (κ3) is 2.93. The SMILES string of the molecule is C#CCn1nc(NC(=O)c2ccc(F)cc2)c2ccc(Cl)c(C3CC3)c21. The number of hydrogen-bond donors (Lipinski definition) is 1. The van der Waals surface area contributed by atoms with Crippen LogP contribution in [0.15, 0.2) is 36.4 Å². The van der Waals surface area contributed by atoms with Crippen LogP contribution in [-0.2, 0) is 6.54 Å². The van der Waals surface area contributed by atoms with Gasteiger partial charge in [0.25, 0.3) is 5.91 Å². The Morgan fingerprint density at radius 1 is 1.31 bits per heavy atom. The third-order valence-corrected chi connectivity index (χ3v) is 4.79. The lowest BCUT2D eigenvalue weighted by molar-refractivity contribution is 0.102. The summed E-state index contributed by atoms with van der Waals surface area (Å²) in [7, 11) is 0. The fraction of sp³-hybridized carbons (Fsp3) is 0.200. The van der Waals surface area contributed by atoms with Crippen molar-refractivity contribution in [2.45, 2.75) is 25.3 Å². The number of hydrogen-bond acceptors (Lipinski definition) is 2. The van der Waals surface area contributed by atoms with Crippen molar-refractivity contribution in [1.82, 2.24) is 9.78 Å². The zero-order valence-electron chi connectivity index (χ0n) is 13.8. The van der Waals surface area contributed by atoms with Gasteiger partial charge in [-0.15, -0.1) is 6.42 Å². The van der Waals surface area contributed by atoms with Crippen LogP contribution in [0, 0.1) is 18.2 Å². The summed E-state index contributed by atoms with van der Waals surface area (Å²) in [5.41, 5.74) is 2.25. The molecule has 0 aliphatic heterocycles. The second kappa shape index (κ2) is 6.47. The summed E-state index contributed by atoms with van der Waals surface area (Å²) in [5.74, 6) is 2.66. The Morgan fingerprint density at radius 3 is 2.69 bits per heavy atom. The molecule has 1 aromatic heterocycles. The Kier molecular flexibility index (Phi) is 4.14. The topological polar surface area (TPSA) is 46.9 Å². The van der Waals surface area contributed by atoms with Gasteiger partial charge in [0, 0.05) is 16.0 Å². The minimum atomic E-state index is -0.394. The average molecular weight is 368 g/mol. The summed E-state index contributed by atoms with van der Waals surface area (Å²) in [6.07, 6.45) is 7.64. The molecule has 1 aliphatic rings. The number of amides is 1. The van der Waals surface area contributed by atoms with Crippen molar-refractivity contribution in [1.29, 1.82) is 0 Å². The summed E-state index contributed by atoms with van der Waals surface area (Å²) in [6.45, 7) is 0.281. The van der Waals surface area contributed by atoms with Crippen molar-refractivity contribution in [2.75, 3.05) is 5.32 Å². The van der Waals surface area contributed by atoms with Crippen LogP contribution in [0.2, 0.25) is 5.02 Å². The van der Waals surface area contributed by atoms with Gasteiger partial charge in [0.15, 0.2) is 5.82 Å². The lowest BCUT2D eigenvalue weighted by Gasteiger charge is -2.07. The van der Waals surface area contributed by atoms with Gasteiger partial charge < -0.3 is 5.32 Å². The van der Waals surface area contributed by atoms with E-state index in [-0.39, 0.29) is 12.5 Å². The summed E-state index contributed by atoms with van der Waals surface area (Å²) < 4.78 is 14.8. The van der Waals surface area contributed by atoms with Crippen LogP contribution in [0.5, 0.6) is 0 Å². The van der Waals surface area contributed by atoms with E-state index in [0.717, 1.165) is 29.3 Å². The van der Waals surface area contributed by atoms with Crippen LogP contribution in [0.25, 0.3) is 10.9 Å². The van der Waals surface area contributed by atoms with E-state index < -0.39 is 5.82 Å². The van der Waals surface area contributed by atoms with Crippen LogP contribution in [0.4, 0.5) is 10.2 Å². The Balaban J connectivity index is 1.78. The highest BCUT2D eigenvalue weighted by Gasteiger charge is 2.30. The molecule has 26 heavy (non-hydrogen) atoms. The Bertz CT molecular complexity index is 1050. The van der Waals surface area contributed by atoms with Crippen molar-refractivity contribution in [3.63, 3.8) is 0 Å². The molecule has 6 heteroatoms. The fourth-order valence-electron chi connectivity index (χ4n) is 3.11. The van der Waals surface area contributed by atoms with E-state index >= 15 is 0 Å². The lowest BCUT2D eigenvalue weighted by Crippen LogP contribution is -2.12. The maximum atomic E-state index is 13.1. The van der Waals surface area contributed by atoms with E-state index in [0.29, 0.717) is 22.3 Å². The largest absolute Gasteiger partial charge is 0.305 e. The van der Waals surface area contributed by atoms with Crippen LogP contribution in [-0.4, -0.2) is 15.7 Å². The van der Waals surface area contributed by atoms with Crippen molar-refractivity contribution < 1.29 is 9.18 Å². The van der Waals surface area contributed by atoms with Gasteiger partial charge in [0.05, 0.1) is 5.52 Å². The molecule has 4 rings (SSSR count). The van der Waals surface area contributed by atoms with Gasteiger partial charge in [0.2, 0.25) is 0 Å². The van der Waals surface area contributed by atoms with Gasteiger partial charge >= 0.3 is 0 Å². The first-order valence-corrected chi connectivity index (χ1v) is 8.65. The van der Waals surface area contributed by atoms with E-state index in [4.69, 9.17) is 18.0 Å². The highest BCUT2D eigenvalue weighted by molar-refractivity contribution is 6.32. The van der Waals surface area contributed by atoms with Gasteiger partial charge in [0.1, 0.15) is 12.4 Å².